The van der Waals surface area contributed by atoms with E-state index in [9.17, 15) is 9.90 Å². The van der Waals surface area contributed by atoms with Crippen LogP contribution in [0.5, 0.6) is 0 Å². The minimum Gasteiger partial charge on any atom is -0.481 e. The molecule has 0 aliphatic heterocycles. The first-order chi connectivity index (χ1) is 14.2. The molecule has 0 heterocycles. The first-order valence-corrected chi connectivity index (χ1v) is 12.2. The second-order valence-corrected chi connectivity index (χ2v) is 11.5. The van der Waals surface area contributed by atoms with Crippen LogP contribution in [-0.2, 0) is 4.79 Å². The summed E-state index contributed by atoms with van der Waals surface area (Å²) in [6.07, 6.45) is 9.39. The minimum atomic E-state index is -0.714. The van der Waals surface area contributed by atoms with E-state index in [4.69, 9.17) is 10.6 Å². The molecule has 0 aromatic rings. The van der Waals surface area contributed by atoms with Crippen LogP contribution in [-0.4, -0.2) is 28.3 Å². The smallest absolute Gasteiger partial charge is 0.303 e. The summed E-state index contributed by atoms with van der Waals surface area (Å²) in [4.78, 5) is 14.2. The maximum absolute atomic E-state index is 11.5. The molecule has 4 fully saturated rings. The van der Waals surface area contributed by atoms with Gasteiger partial charge in [0.05, 0.1) is 6.10 Å². The Bertz CT molecular complexity index is 722. The number of carboxylic acid groups (broad SMARTS) is 1. The molecule has 10 atom stereocenters. The normalized spacial score (nSPS) is 48.6. The maximum Gasteiger partial charge on any atom is 0.303 e. The maximum atomic E-state index is 11.5. The number of aliphatic hydroxyl groups excluding tert-OH is 1. The summed E-state index contributed by atoms with van der Waals surface area (Å²) in [6, 6.07) is 0.148. The van der Waals surface area contributed by atoms with E-state index in [0.29, 0.717) is 41.9 Å². The lowest BCUT2D eigenvalue weighted by Crippen LogP contribution is -2.58. The van der Waals surface area contributed by atoms with E-state index < -0.39 is 5.97 Å². The Labute approximate surface area is 180 Å². The molecule has 6 heteroatoms. The lowest BCUT2D eigenvalue weighted by Gasteiger charge is -2.62. The summed E-state index contributed by atoms with van der Waals surface area (Å²) in [7, 11) is 0. The van der Waals surface area contributed by atoms with Crippen LogP contribution < -0.4 is 0 Å². The average Bonchev–Trinajstić information content (AvgIpc) is 3.06. The molecular formula is C24H39N3O3. The first-order valence-electron chi connectivity index (χ1n) is 12.2. The fraction of sp³-hybridized carbons (Fsp3) is 0.958. The molecule has 4 aliphatic rings. The molecule has 30 heavy (non-hydrogen) atoms. The fourth-order valence-electron chi connectivity index (χ4n) is 8.89. The Hall–Kier alpha value is -1.26. The lowest BCUT2D eigenvalue weighted by molar-refractivity contribution is -0.169. The topological polar surface area (TPSA) is 106 Å². The zero-order chi connectivity index (χ0) is 21.7. The number of rotatable bonds is 5. The Kier molecular flexibility index (Phi) is 5.87. The average molecular weight is 418 g/mol. The Morgan fingerprint density at radius 3 is 2.63 bits per heavy atom. The molecule has 0 spiro atoms. The molecule has 0 saturated heterocycles. The van der Waals surface area contributed by atoms with Gasteiger partial charge < -0.3 is 10.2 Å². The summed E-state index contributed by atoms with van der Waals surface area (Å²) in [5.41, 5.74) is 9.03. The number of carboxylic acids is 1. The molecular weight excluding hydrogens is 378 g/mol. The summed E-state index contributed by atoms with van der Waals surface area (Å²) in [5, 5.41) is 24.7. The quantitative estimate of drug-likeness (QED) is 0.335. The molecule has 168 valence electrons. The summed E-state index contributed by atoms with van der Waals surface area (Å²) in [5.74, 6) is 2.44. The van der Waals surface area contributed by atoms with Gasteiger partial charge in [-0.1, -0.05) is 25.9 Å². The van der Waals surface area contributed by atoms with E-state index in [0.717, 1.165) is 32.1 Å². The van der Waals surface area contributed by atoms with Crippen LogP contribution in [0.15, 0.2) is 5.11 Å². The second-order valence-electron chi connectivity index (χ2n) is 11.5. The van der Waals surface area contributed by atoms with Crippen LogP contribution in [0.2, 0.25) is 0 Å². The molecule has 4 rings (SSSR count). The first kappa shape index (κ1) is 22.0. The van der Waals surface area contributed by atoms with Crippen LogP contribution in [0.3, 0.4) is 0 Å². The third kappa shape index (κ3) is 3.35. The van der Waals surface area contributed by atoms with Crippen LogP contribution in [0.1, 0.15) is 85.0 Å². The summed E-state index contributed by atoms with van der Waals surface area (Å²) >= 11 is 0. The molecule has 0 aromatic carbocycles. The van der Waals surface area contributed by atoms with Gasteiger partial charge in [-0.05, 0) is 110 Å². The number of fused-ring (bicyclic) bond motifs is 5. The van der Waals surface area contributed by atoms with Gasteiger partial charge in [-0.3, -0.25) is 4.79 Å². The van der Waals surface area contributed by atoms with Crippen molar-refractivity contribution in [2.45, 2.75) is 97.1 Å². The van der Waals surface area contributed by atoms with Gasteiger partial charge in [0.25, 0.3) is 0 Å². The van der Waals surface area contributed by atoms with Crippen molar-refractivity contribution in [3.05, 3.63) is 10.4 Å². The number of aliphatic hydroxyl groups is 1. The predicted molar refractivity (Wildman–Crippen MR) is 116 cm³/mol. The van der Waals surface area contributed by atoms with Crippen molar-refractivity contribution in [3.8, 4) is 0 Å². The second kappa shape index (κ2) is 8.02. The zero-order valence-electron chi connectivity index (χ0n) is 18.8. The summed E-state index contributed by atoms with van der Waals surface area (Å²) < 4.78 is 0. The summed E-state index contributed by atoms with van der Waals surface area (Å²) in [6.45, 7) is 6.98. The Morgan fingerprint density at radius 2 is 1.93 bits per heavy atom. The van der Waals surface area contributed by atoms with Gasteiger partial charge in [0, 0.05) is 17.4 Å². The van der Waals surface area contributed by atoms with Crippen LogP contribution in [0.25, 0.3) is 10.4 Å². The van der Waals surface area contributed by atoms with E-state index >= 15 is 0 Å². The van der Waals surface area contributed by atoms with Gasteiger partial charge >= 0.3 is 5.97 Å². The molecule has 0 unspecified atom stereocenters. The van der Waals surface area contributed by atoms with E-state index in [-0.39, 0.29) is 29.4 Å². The van der Waals surface area contributed by atoms with Gasteiger partial charge in [-0.2, -0.15) is 0 Å². The largest absolute Gasteiger partial charge is 0.481 e. The van der Waals surface area contributed by atoms with E-state index in [1.54, 1.807) is 0 Å². The Balaban J connectivity index is 1.55. The van der Waals surface area contributed by atoms with Crippen molar-refractivity contribution < 1.29 is 15.0 Å². The van der Waals surface area contributed by atoms with Crippen LogP contribution >= 0.6 is 0 Å². The van der Waals surface area contributed by atoms with E-state index in [1.165, 1.54) is 19.3 Å². The number of carbonyl (C=O) groups is 1. The fourth-order valence-corrected chi connectivity index (χ4v) is 8.89. The van der Waals surface area contributed by atoms with Gasteiger partial charge in [-0.15, -0.1) is 0 Å². The third-order valence-corrected chi connectivity index (χ3v) is 10.5. The molecule has 4 saturated carbocycles. The van der Waals surface area contributed by atoms with Crippen LogP contribution in [0.4, 0.5) is 0 Å². The van der Waals surface area contributed by atoms with Crippen molar-refractivity contribution in [2.24, 2.45) is 51.5 Å². The number of azide groups is 1. The highest BCUT2D eigenvalue weighted by Gasteiger charge is 2.63. The molecule has 0 bridgehead atoms. The Morgan fingerprint density at radius 1 is 1.17 bits per heavy atom. The standard InChI is InChI=1S/C24H39N3O3/c1-14(4-9-22(29)30)18-7-8-19-17-6-5-15-12-16(26-27-25)10-11-23(15,2)20(17)13-21(28)24(18,19)3/h14-21,28H,4-13H2,1-3H3,(H,29,30)/t14-,15-,16-,17+,18-,19+,20+,21+,23+,24-/m1/s1. The zero-order valence-corrected chi connectivity index (χ0v) is 18.8. The highest BCUT2D eigenvalue weighted by atomic mass is 16.4. The predicted octanol–water partition coefficient (Wildman–Crippen LogP) is 5.80. The third-order valence-electron chi connectivity index (χ3n) is 10.5. The van der Waals surface area contributed by atoms with Crippen molar-refractivity contribution in [1.29, 1.82) is 0 Å². The molecule has 0 radical (unpaired) electrons. The van der Waals surface area contributed by atoms with E-state index in [1.807, 2.05) is 0 Å². The van der Waals surface area contributed by atoms with Gasteiger partial charge in [-0.25, -0.2) is 0 Å². The van der Waals surface area contributed by atoms with Gasteiger partial charge in [0.1, 0.15) is 0 Å². The van der Waals surface area contributed by atoms with Gasteiger partial charge in [0.15, 0.2) is 0 Å². The van der Waals surface area contributed by atoms with Crippen molar-refractivity contribution in [3.63, 3.8) is 0 Å². The highest BCUT2D eigenvalue weighted by molar-refractivity contribution is 5.66. The van der Waals surface area contributed by atoms with Crippen LogP contribution in [0, 0.1) is 46.3 Å². The van der Waals surface area contributed by atoms with Crippen molar-refractivity contribution >= 4 is 5.97 Å². The molecule has 2 N–H and O–H groups in total. The molecule has 6 nitrogen and oxygen atoms in total. The highest BCUT2D eigenvalue weighted by Crippen LogP contribution is 2.68. The SMILES string of the molecule is C[C@H](CCC(=O)O)[C@H]1CC[C@H]2[C@@H]3CC[C@@H]4C[C@H](N=[N+]=[N-])CC[C@]4(C)[C@H]3C[C@H](O)[C@]12C. The van der Waals surface area contributed by atoms with Crippen molar-refractivity contribution in [1.82, 2.24) is 0 Å². The number of aliphatic carboxylic acids is 1. The monoisotopic (exact) mass is 417 g/mol. The number of hydrogen-bond acceptors (Lipinski definition) is 3. The lowest BCUT2D eigenvalue weighted by atomic mass is 9.43. The van der Waals surface area contributed by atoms with Crippen molar-refractivity contribution in [2.75, 3.05) is 0 Å². The number of hydrogen-bond donors (Lipinski definition) is 2. The van der Waals surface area contributed by atoms with E-state index in [2.05, 4.69) is 30.8 Å². The molecule has 4 aliphatic carbocycles. The minimum absolute atomic E-state index is 0.0788. The van der Waals surface area contributed by atoms with Gasteiger partial charge in [0.2, 0.25) is 0 Å². The molecule has 0 aromatic heterocycles. The number of nitrogens with zero attached hydrogens (tertiary/aromatic N) is 3. The molecule has 0 amide bonds.